The molecule has 2 aromatic rings. The molecule has 0 aliphatic carbocycles. The highest BCUT2D eigenvalue weighted by molar-refractivity contribution is 6.42. The third-order valence-electron chi connectivity index (χ3n) is 4.30. The molecule has 1 aliphatic rings. The second-order valence-corrected chi connectivity index (χ2v) is 7.27. The Morgan fingerprint density at radius 1 is 1.25 bits per heavy atom. The lowest BCUT2D eigenvalue weighted by Gasteiger charge is -2.15. The summed E-state index contributed by atoms with van der Waals surface area (Å²) in [4.78, 5) is 18.8. The van der Waals surface area contributed by atoms with Gasteiger partial charge in [0.25, 0.3) is 0 Å². The molecule has 3 rings (SSSR count). The lowest BCUT2D eigenvalue weighted by atomic mass is 9.91. The molecule has 2 atom stereocenters. The number of Topliss-reactive ketones (excluding diaryl/α,β-unsaturated/α-hetero) is 1. The van der Waals surface area contributed by atoms with Crippen molar-refractivity contribution in [3.8, 4) is 0 Å². The summed E-state index contributed by atoms with van der Waals surface area (Å²) in [5.41, 5.74) is 0.983. The van der Waals surface area contributed by atoms with E-state index in [1.807, 2.05) is 13.0 Å². The molecule has 28 heavy (non-hydrogen) atoms. The van der Waals surface area contributed by atoms with Gasteiger partial charge < -0.3 is 4.57 Å². The summed E-state index contributed by atoms with van der Waals surface area (Å²) in [7, 11) is 0. The fourth-order valence-corrected chi connectivity index (χ4v) is 3.21. The molecule has 2 heterocycles. The Balaban J connectivity index is 0.000000237. The minimum Gasteiger partial charge on any atom is -0.328 e. The summed E-state index contributed by atoms with van der Waals surface area (Å²) >= 11 is 11.7. The molecule has 0 bridgehead atoms. The molecular weight excluding hydrogens is 414 g/mol. The monoisotopic (exact) mass is 433 g/mol. The first-order valence-corrected chi connectivity index (χ1v) is 9.40. The standard InChI is InChI=1S/C11H9Cl2F3N2.C8H11NO/c1-2-18-9-4-7(13)6(12)3-8(9)17-10(18)5-11(14,15)16;1-6-3-4-9-5-8(6)7(2)10/h3-4H,2,5H2,1H3;3-6,8H,1-2H3. The summed E-state index contributed by atoms with van der Waals surface area (Å²) in [6, 6.07) is 3.01. The number of benzene rings is 1. The van der Waals surface area contributed by atoms with Crippen LogP contribution < -0.4 is 0 Å². The second kappa shape index (κ2) is 9.09. The molecule has 9 heteroatoms. The number of aliphatic imine (C=N–C) groups is 1. The van der Waals surface area contributed by atoms with Gasteiger partial charge in [-0.1, -0.05) is 36.2 Å². The van der Waals surface area contributed by atoms with Gasteiger partial charge in [-0.15, -0.1) is 0 Å². The summed E-state index contributed by atoms with van der Waals surface area (Å²) in [5, 5.41) is 0.584. The van der Waals surface area contributed by atoms with E-state index in [0.717, 1.165) is 0 Å². The number of halogens is 5. The van der Waals surface area contributed by atoms with Crippen molar-refractivity contribution in [1.29, 1.82) is 0 Å². The van der Waals surface area contributed by atoms with Crippen molar-refractivity contribution in [3.63, 3.8) is 0 Å². The number of allylic oxidation sites excluding steroid dienone is 1. The second-order valence-electron chi connectivity index (χ2n) is 6.45. The van der Waals surface area contributed by atoms with Crippen molar-refractivity contribution in [1.82, 2.24) is 9.55 Å². The van der Waals surface area contributed by atoms with Crippen molar-refractivity contribution < 1.29 is 18.0 Å². The Labute approximate surface area is 171 Å². The van der Waals surface area contributed by atoms with Gasteiger partial charge in [-0.2, -0.15) is 13.2 Å². The number of fused-ring (bicyclic) bond motifs is 1. The Bertz CT molecular complexity index is 919. The number of aryl methyl sites for hydroxylation is 1. The number of rotatable bonds is 3. The van der Waals surface area contributed by atoms with E-state index in [4.69, 9.17) is 23.2 Å². The van der Waals surface area contributed by atoms with Gasteiger partial charge in [0.05, 0.1) is 27.0 Å². The summed E-state index contributed by atoms with van der Waals surface area (Å²) in [5.74, 6) is 0.485. The van der Waals surface area contributed by atoms with Crippen LogP contribution in [-0.4, -0.2) is 27.7 Å². The molecular formula is C19H20Cl2F3N3O. The third-order valence-corrected chi connectivity index (χ3v) is 5.02. The van der Waals surface area contributed by atoms with Gasteiger partial charge in [-0.05, 0) is 31.9 Å². The Kier molecular flexibility index (Phi) is 7.28. The fourth-order valence-electron chi connectivity index (χ4n) is 2.90. The number of hydrogen-bond donors (Lipinski definition) is 0. The molecule has 152 valence electrons. The van der Waals surface area contributed by atoms with Crippen LogP contribution in [0.25, 0.3) is 11.0 Å². The molecule has 0 radical (unpaired) electrons. The highest BCUT2D eigenvalue weighted by Crippen LogP contribution is 2.30. The largest absolute Gasteiger partial charge is 0.396 e. The summed E-state index contributed by atoms with van der Waals surface area (Å²) < 4.78 is 38.8. The zero-order valence-corrected chi connectivity index (χ0v) is 17.1. The van der Waals surface area contributed by atoms with Crippen LogP contribution in [0.1, 0.15) is 26.6 Å². The zero-order valence-electron chi connectivity index (χ0n) is 15.6. The van der Waals surface area contributed by atoms with Crippen molar-refractivity contribution in [2.24, 2.45) is 16.8 Å². The minimum absolute atomic E-state index is 0.00463. The molecule has 2 unspecified atom stereocenters. The number of carbonyl (C=O) groups is 1. The lowest BCUT2D eigenvalue weighted by molar-refractivity contribution is -0.129. The molecule has 0 N–H and O–H groups in total. The van der Waals surface area contributed by atoms with Crippen molar-refractivity contribution in [3.05, 3.63) is 40.3 Å². The van der Waals surface area contributed by atoms with E-state index in [-0.39, 0.29) is 22.5 Å². The predicted octanol–water partition coefficient (Wildman–Crippen LogP) is 5.89. The van der Waals surface area contributed by atoms with Crippen LogP contribution in [0.3, 0.4) is 0 Å². The van der Waals surface area contributed by atoms with Crippen LogP contribution in [-0.2, 0) is 17.8 Å². The first-order valence-electron chi connectivity index (χ1n) is 8.64. The minimum atomic E-state index is -4.29. The summed E-state index contributed by atoms with van der Waals surface area (Å²) in [6.07, 6.45) is 0.0514. The van der Waals surface area contributed by atoms with Crippen LogP contribution in [0.5, 0.6) is 0 Å². The number of carbonyl (C=O) groups excluding carboxylic acids is 1. The smallest absolute Gasteiger partial charge is 0.328 e. The maximum absolute atomic E-state index is 12.4. The van der Waals surface area contributed by atoms with Crippen LogP contribution >= 0.6 is 23.2 Å². The van der Waals surface area contributed by atoms with Gasteiger partial charge in [0.15, 0.2) is 0 Å². The normalized spacial score (nSPS) is 18.9. The average molecular weight is 434 g/mol. The van der Waals surface area contributed by atoms with Gasteiger partial charge in [0.1, 0.15) is 18.0 Å². The molecule has 1 aromatic heterocycles. The first-order chi connectivity index (χ1) is 13.0. The number of ketones is 1. The van der Waals surface area contributed by atoms with Gasteiger partial charge in [-0.3, -0.25) is 9.79 Å². The van der Waals surface area contributed by atoms with E-state index >= 15 is 0 Å². The topological polar surface area (TPSA) is 47.2 Å². The highest BCUT2D eigenvalue weighted by Gasteiger charge is 2.31. The van der Waals surface area contributed by atoms with E-state index in [1.165, 1.54) is 16.7 Å². The Morgan fingerprint density at radius 2 is 1.89 bits per heavy atom. The molecule has 0 saturated carbocycles. The first kappa shape index (κ1) is 22.4. The predicted molar refractivity (Wildman–Crippen MR) is 106 cm³/mol. The van der Waals surface area contributed by atoms with Crippen molar-refractivity contribution in [2.45, 2.75) is 39.9 Å². The Hall–Kier alpha value is -1.86. The third kappa shape index (κ3) is 5.58. The van der Waals surface area contributed by atoms with Gasteiger partial charge in [-0.25, -0.2) is 4.98 Å². The van der Waals surface area contributed by atoms with Crippen LogP contribution in [0.4, 0.5) is 13.2 Å². The number of alkyl halides is 3. The average Bonchev–Trinajstić information content (AvgIpc) is 2.90. The maximum atomic E-state index is 12.4. The van der Waals surface area contributed by atoms with Crippen LogP contribution in [0, 0.1) is 11.8 Å². The molecule has 0 amide bonds. The zero-order chi connectivity index (χ0) is 21.1. The van der Waals surface area contributed by atoms with Gasteiger partial charge in [0.2, 0.25) is 0 Å². The SMILES string of the molecule is CC(=O)C1C=NC=CC1C.CCn1c(CC(F)(F)F)nc2cc(Cl)c(Cl)cc21. The summed E-state index contributed by atoms with van der Waals surface area (Å²) in [6.45, 7) is 5.77. The van der Waals surface area contributed by atoms with Crippen LogP contribution in [0.2, 0.25) is 10.0 Å². The number of aromatic nitrogens is 2. The highest BCUT2D eigenvalue weighted by atomic mass is 35.5. The molecule has 0 saturated heterocycles. The number of imidazole rings is 1. The van der Waals surface area contributed by atoms with Gasteiger partial charge in [0, 0.05) is 19.0 Å². The Morgan fingerprint density at radius 3 is 2.39 bits per heavy atom. The number of nitrogens with zero attached hydrogens (tertiary/aromatic N) is 3. The van der Waals surface area contributed by atoms with E-state index in [1.54, 1.807) is 26.3 Å². The fraction of sp³-hybridized carbons (Fsp3) is 0.421. The van der Waals surface area contributed by atoms with E-state index < -0.39 is 12.6 Å². The quantitative estimate of drug-likeness (QED) is 0.605. The molecule has 4 nitrogen and oxygen atoms in total. The molecule has 0 spiro atoms. The van der Waals surface area contributed by atoms with Gasteiger partial charge >= 0.3 is 6.18 Å². The molecule has 0 fully saturated rings. The van der Waals surface area contributed by atoms with E-state index in [9.17, 15) is 18.0 Å². The molecule has 1 aliphatic heterocycles. The lowest BCUT2D eigenvalue weighted by Crippen LogP contribution is -2.21. The van der Waals surface area contributed by atoms with Crippen molar-refractivity contribution >= 4 is 46.2 Å². The van der Waals surface area contributed by atoms with Crippen molar-refractivity contribution in [2.75, 3.05) is 0 Å². The van der Waals surface area contributed by atoms with E-state index in [2.05, 4.69) is 9.98 Å². The van der Waals surface area contributed by atoms with E-state index in [0.29, 0.717) is 28.5 Å². The maximum Gasteiger partial charge on any atom is 0.396 e. The van der Waals surface area contributed by atoms with Crippen LogP contribution in [0.15, 0.2) is 29.4 Å². The molecule has 1 aromatic carbocycles. The number of hydrogen-bond acceptors (Lipinski definition) is 3.